The van der Waals surface area contributed by atoms with E-state index in [1.165, 1.54) is 5.56 Å². The lowest BCUT2D eigenvalue weighted by Crippen LogP contribution is -2.60. The summed E-state index contributed by atoms with van der Waals surface area (Å²) in [5, 5.41) is 6.14. The van der Waals surface area contributed by atoms with E-state index in [4.69, 9.17) is 4.74 Å². The quantitative estimate of drug-likeness (QED) is 0.842. The van der Waals surface area contributed by atoms with Gasteiger partial charge in [-0.1, -0.05) is 38.1 Å². The Morgan fingerprint density at radius 2 is 1.73 bits per heavy atom. The van der Waals surface area contributed by atoms with Crippen LogP contribution in [0.5, 0.6) is 0 Å². The highest BCUT2D eigenvalue weighted by Crippen LogP contribution is 2.24. The molecule has 1 saturated heterocycles. The van der Waals surface area contributed by atoms with E-state index in [-0.39, 0.29) is 5.78 Å². The summed E-state index contributed by atoms with van der Waals surface area (Å²) in [4.78, 5) is 25.4. The summed E-state index contributed by atoms with van der Waals surface area (Å²) in [6, 6.07) is 8.16. The van der Waals surface area contributed by atoms with Gasteiger partial charge in [-0.05, 0) is 63.7 Å². The second kappa shape index (κ2) is 8.21. The number of benzene rings is 1. The van der Waals surface area contributed by atoms with Crippen molar-refractivity contribution in [1.29, 1.82) is 0 Å². The maximum atomic E-state index is 13.1. The van der Waals surface area contributed by atoms with Gasteiger partial charge in [-0.15, -0.1) is 0 Å². The second-order valence-electron chi connectivity index (χ2n) is 8.46. The van der Waals surface area contributed by atoms with Gasteiger partial charge in [0.2, 0.25) is 0 Å². The van der Waals surface area contributed by atoms with Crippen molar-refractivity contribution in [2.24, 2.45) is 0 Å². The SMILES string of the molecule is CC(C)c1ccc(CC(=O)C2(NC(=O)OC(C)(C)C)CCNCC2)cc1. The summed E-state index contributed by atoms with van der Waals surface area (Å²) in [6.45, 7) is 11.2. The van der Waals surface area contributed by atoms with E-state index >= 15 is 0 Å². The highest BCUT2D eigenvalue weighted by molar-refractivity contribution is 5.93. The molecule has 0 aromatic heterocycles. The topological polar surface area (TPSA) is 67.4 Å². The van der Waals surface area contributed by atoms with E-state index < -0.39 is 17.2 Å². The number of ether oxygens (including phenoxy) is 1. The first kappa shape index (κ1) is 20.4. The van der Waals surface area contributed by atoms with Crippen molar-refractivity contribution in [2.45, 2.75) is 70.9 Å². The summed E-state index contributed by atoms with van der Waals surface area (Å²) in [6.07, 6.45) is 0.946. The number of Topliss-reactive ketones (excluding diaryl/α,β-unsaturated/α-hetero) is 1. The Kier molecular flexibility index (Phi) is 6.45. The van der Waals surface area contributed by atoms with Gasteiger partial charge >= 0.3 is 6.09 Å². The lowest BCUT2D eigenvalue weighted by atomic mass is 9.81. The van der Waals surface area contributed by atoms with Gasteiger partial charge in [0.05, 0.1) is 0 Å². The highest BCUT2D eigenvalue weighted by atomic mass is 16.6. The predicted molar refractivity (Wildman–Crippen MR) is 103 cm³/mol. The van der Waals surface area contributed by atoms with Crippen LogP contribution in [0.2, 0.25) is 0 Å². The molecule has 0 aliphatic carbocycles. The summed E-state index contributed by atoms with van der Waals surface area (Å²) in [5.74, 6) is 0.506. The van der Waals surface area contributed by atoms with Crippen molar-refractivity contribution < 1.29 is 14.3 Å². The van der Waals surface area contributed by atoms with Crippen molar-refractivity contribution in [2.75, 3.05) is 13.1 Å². The van der Waals surface area contributed by atoms with Gasteiger partial charge in [0.15, 0.2) is 5.78 Å². The van der Waals surface area contributed by atoms with Crippen LogP contribution in [0.4, 0.5) is 4.79 Å². The van der Waals surface area contributed by atoms with Crippen molar-refractivity contribution in [3.63, 3.8) is 0 Å². The Morgan fingerprint density at radius 3 is 2.23 bits per heavy atom. The molecule has 0 spiro atoms. The Hall–Kier alpha value is -1.88. The van der Waals surface area contributed by atoms with Crippen LogP contribution in [0.1, 0.15) is 64.5 Å². The number of hydrogen-bond donors (Lipinski definition) is 2. The predicted octanol–water partition coefficient (Wildman–Crippen LogP) is 3.57. The molecule has 1 aliphatic heterocycles. The monoisotopic (exact) mass is 360 g/mol. The fourth-order valence-corrected chi connectivity index (χ4v) is 3.20. The van der Waals surface area contributed by atoms with Gasteiger partial charge in [0, 0.05) is 6.42 Å². The zero-order valence-corrected chi connectivity index (χ0v) is 16.6. The summed E-state index contributed by atoms with van der Waals surface area (Å²) in [7, 11) is 0. The molecule has 0 radical (unpaired) electrons. The zero-order chi connectivity index (χ0) is 19.4. The second-order valence-corrected chi connectivity index (χ2v) is 8.46. The van der Waals surface area contributed by atoms with E-state index in [2.05, 4.69) is 36.6 Å². The van der Waals surface area contributed by atoms with E-state index in [1.807, 2.05) is 32.9 Å². The van der Waals surface area contributed by atoms with Crippen molar-refractivity contribution in [3.05, 3.63) is 35.4 Å². The Bertz CT molecular complexity index is 624. The first-order chi connectivity index (χ1) is 12.1. The molecule has 1 fully saturated rings. The average molecular weight is 360 g/mol. The number of carbonyl (C=O) groups excluding carboxylic acids is 2. The number of rotatable bonds is 5. The van der Waals surface area contributed by atoms with Gasteiger partial charge in [-0.25, -0.2) is 4.79 Å². The average Bonchev–Trinajstić information content (AvgIpc) is 2.54. The number of nitrogens with one attached hydrogen (secondary N) is 2. The molecule has 144 valence electrons. The van der Waals surface area contributed by atoms with Gasteiger partial charge in [0.25, 0.3) is 0 Å². The molecule has 5 heteroatoms. The third kappa shape index (κ3) is 5.56. The van der Waals surface area contributed by atoms with E-state index in [1.54, 1.807) is 0 Å². The van der Waals surface area contributed by atoms with Crippen LogP contribution < -0.4 is 10.6 Å². The molecule has 1 aliphatic rings. The minimum absolute atomic E-state index is 0.0437. The molecule has 0 bridgehead atoms. The third-order valence-corrected chi connectivity index (χ3v) is 4.74. The fourth-order valence-electron chi connectivity index (χ4n) is 3.20. The molecule has 1 amide bonds. The lowest BCUT2D eigenvalue weighted by molar-refractivity contribution is -0.126. The van der Waals surface area contributed by atoms with Gasteiger partial charge in [-0.3, -0.25) is 4.79 Å². The third-order valence-electron chi connectivity index (χ3n) is 4.74. The van der Waals surface area contributed by atoms with Gasteiger partial charge < -0.3 is 15.4 Å². The van der Waals surface area contributed by atoms with Crippen LogP contribution in [0.15, 0.2) is 24.3 Å². The molecule has 26 heavy (non-hydrogen) atoms. The molecular weight excluding hydrogens is 328 g/mol. The van der Waals surface area contributed by atoms with Crippen molar-refractivity contribution >= 4 is 11.9 Å². The minimum atomic E-state index is -0.857. The number of hydrogen-bond acceptors (Lipinski definition) is 4. The van der Waals surface area contributed by atoms with Crippen LogP contribution in [-0.4, -0.2) is 36.1 Å². The zero-order valence-electron chi connectivity index (χ0n) is 16.6. The number of ketones is 1. The van der Waals surface area contributed by atoms with Crippen LogP contribution in [0.25, 0.3) is 0 Å². The number of piperidine rings is 1. The Morgan fingerprint density at radius 1 is 1.15 bits per heavy atom. The first-order valence-electron chi connectivity index (χ1n) is 9.45. The van der Waals surface area contributed by atoms with Crippen LogP contribution >= 0.6 is 0 Å². The molecule has 2 N–H and O–H groups in total. The molecule has 1 aromatic rings. The van der Waals surface area contributed by atoms with E-state index in [9.17, 15) is 9.59 Å². The molecule has 1 aromatic carbocycles. The van der Waals surface area contributed by atoms with Crippen molar-refractivity contribution in [3.8, 4) is 0 Å². The number of alkyl carbamates (subject to hydrolysis) is 1. The lowest BCUT2D eigenvalue weighted by Gasteiger charge is -2.37. The maximum absolute atomic E-state index is 13.1. The van der Waals surface area contributed by atoms with Crippen molar-refractivity contribution in [1.82, 2.24) is 10.6 Å². The standard InChI is InChI=1S/C21H32N2O3/c1-15(2)17-8-6-16(7-9-17)14-18(24)21(10-12-22-13-11-21)23-19(25)26-20(3,4)5/h6-9,15,22H,10-14H2,1-5H3,(H,23,25). The largest absolute Gasteiger partial charge is 0.444 e. The minimum Gasteiger partial charge on any atom is -0.444 e. The fraction of sp³-hybridized carbons (Fsp3) is 0.619. The van der Waals surface area contributed by atoms with Crippen LogP contribution in [-0.2, 0) is 16.0 Å². The van der Waals surface area contributed by atoms with Crippen LogP contribution in [0.3, 0.4) is 0 Å². The summed E-state index contributed by atoms with van der Waals surface area (Å²) in [5.41, 5.74) is 0.783. The number of carbonyl (C=O) groups is 2. The highest BCUT2D eigenvalue weighted by Gasteiger charge is 2.41. The normalized spacial score (nSPS) is 17.0. The first-order valence-corrected chi connectivity index (χ1v) is 9.45. The van der Waals surface area contributed by atoms with E-state index in [0.717, 1.165) is 5.56 Å². The number of amides is 1. The molecule has 0 unspecified atom stereocenters. The maximum Gasteiger partial charge on any atom is 0.408 e. The smallest absolute Gasteiger partial charge is 0.408 e. The van der Waals surface area contributed by atoms with Crippen LogP contribution in [0, 0.1) is 0 Å². The summed E-state index contributed by atoms with van der Waals surface area (Å²) >= 11 is 0. The Balaban J connectivity index is 2.12. The Labute approximate surface area is 156 Å². The van der Waals surface area contributed by atoms with Gasteiger partial charge in [0.1, 0.15) is 11.1 Å². The van der Waals surface area contributed by atoms with E-state index in [0.29, 0.717) is 38.3 Å². The molecule has 0 atom stereocenters. The molecular formula is C21H32N2O3. The molecule has 2 rings (SSSR count). The van der Waals surface area contributed by atoms with Gasteiger partial charge in [-0.2, -0.15) is 0 Å². The molecule has 0 saturated carbocycles. The summed E-state index contributed by atoms with van der Waals surface area (Å²) < 4.78 is 5.39. The molecule has 5 nitrogen and oxygen atoms in total. The molecule has 1 heterocycles.